The summed E-state index contributed by atoms with van der Waals surface area (Å²) in [5, 5.41) is 3.54. The first-order chi connectivity index (χ1) is 7.65. The third-order valence-corrected chi connectivity index (χ3v) is 4.72. The summed E-state index contributed by atoms with van der Waals surface area (Å²) in [5.41, 5.74) is 0.531. The highest BCUT2D eigenvalue weighted by molar-refractivity contribution is 4.94. The van der Waals surface area contributed by atoms with Gasteiger partial charge in [-0.25, -0.2) is 0 Å². The molecule has 0 aromatic heterocycles. The van der Waals surface area contributed by atoms with E-state index < -0.39 is 0 Å². The molecule has 1 aliphatic carbocycles. The van der Waals surface area contributed by atoms with Crippen molar-refractivity contribution < 1.29 is 0 Å². The van der Waals surface area contributed by atoms with E-state index in [2.05, 4.69) is 31.0 Å². The van der Waals surface area contributed by atoms with Gasteiger partial charge in [0.05, 0.1) is 0 Å². The van der Waals surface area contributed by atoms with E-state index in [-0.39, 0.29) is 0 Å². The molecule has 0 aromatic rings. The summed E-state index contributed by atoms with van der Waals surface area (Å²) in [6.07, 6.45) is 7.00. The zero-order chi connectivity index (χ0) is 11.6. The first-order valence-corrected chi connectivity index (χ1v) is 7.11. The van der Waals surface area contributed by atoms with Gasteiger partial charge in [-0.15, -0.1) is 0 Å². The van der Waals surface area contributed by atoms with E-state index in [9.17, 15) is 0 Å². The average molecular weight is 224 g/mol. The van der Waals surface area contributed by atoms with Crippen molar-refractivity contribution in [2.75, 3.05) is 19.6 Å². The number of hydrogen-bond acceptors (Lipinski definition) is 2. The van der Waals surface area contributed by atoms with Crippen molar-refractivity contribution >= 4 is 0 Å². The van der Waals surface area contributed by atoms with Crippen molar-refractivity contribution in [3.63, 3.8) is 0 Å². The number of nitrogens with zero attached hydrogens (tertiary/aromatic N) is 1. The molecule has 2 heteroatoms. The van der Waals surface area contributed by atoms with Crippen LogP contribution in [0.1, 0.15) is 52.9 Å². The lowest BCUT2D eigenvalue weighted by molar-refractivity contribution is 0.00543. The van der Waals surface area contributed by atoms with Gasteiger partial charge in [0.2, 0.25) is 0 Å². The van der Waals surface area contributed by atoms with Crippen LogP contribution in [0.15, 0.2) is 0 Å². The Morgan fingerprint density at radius 1 is 1.31 bits per heavy atom. The second-order valence-corrected chi connectivity index (χ2v) is 6.25. The zero-order valence-corrected chi connectivity index (χ0v) is 11.3. The lowest BCUT2D eigenvalue weighted by Gasteiger charge is -2.50. The fourth-order valence-corrected chi connectivity index (χ4v) is 3.66. The van der Waals surface area contributed by atoms with Gasteiger partial charge in [0.25, 0.3) is 0 Å². The highest BCUT2D eigenvalue weighted by Crippen LogP contribution is 2.39. The first-order valence-electron chi connectivity index (χ1n) is 7.11. The molecule has 2 atom stereocenters. The second-order valence-electron chi connectivity index (χ2n) is 6.25. The van der Waals surface area contributed by atoms with Crippen molar-refractivity contribution in [3.05, 3.63) is 0 Å². The minimum absolute atomic E-state index is 0.531. The molecule has 1 saturated heterocycles. The highest BCUT2D eigenvalue weighted by atomic mass is 15.2. The van der Waals surface area contributed by atoms with Gasteiger partial charge in [0.1, 0.15) is 0 Å². The third kappa shape index (κ3) is 2.43. The molecular formula is C14H28N2. The summed E-state index contributed by atoms with van der Waals surface area (Å²) in [7, 11) is 0. The molecule has 1 heterocycles. The van der Waals surface area contributed by atoms with Crippen LogP contribution in [-0.2, 0) is 0 Å². The van der Waals surface area contributed by atoms with Gasteiger partial charge in [-0.1, -0.05) is 33.6 Å². The van der Waals surface area contributed by atoms with Crippen LogP contribution in [0, 0.1) is 5.41 Å². The maximum Gasteiger partial charge on any atom is 0.0221 e. The molecule has 2 aliphatic rings. The SMILES string of the molecule is CCC1CNCCN1C1CCCCC1(C)C. The van der Waals surface area contributed by atoms with Gasteiger partial charge in [0.15, 0.2) is 0 Å². The van der Waals surface area contributed by atoms with Gasteiger partial charge in [-0.3, -0.25) is 4.90 Å². The van der Waals surface area contributed by atoms with Crippen LogP contribution in [0.25, 0.3) is 0 Å². The lowest BCUT2D eigenvalue weighted by Crippen LogP contribution is -2.59. The van der Waals surface area contributed by atoms with Crippen LogP contribution >= 0.6 is 0 Å². The van der Waals surface area contributed by atoms with E-state index in [1.54, 1.807) is 0 Å². The molecule has 2 rings (SSSR count). The molecule has 0 amide bonds. The van der Waals surface area contributed by atoms with E-state index in [4.69, 9.17) is 0 Å². The summed E-state index contributed by atoms with van der Waals surface area (Å²) >= 11 is 0. The topological polar surface area (TPSA) is 15.3 Å². The van der Waals surface area contributed by atoms with E-state index in [1.807, 2.05) is 0 Å². The molecule has 0 aromatic carbocycles. The Kier molecular flexibility index (Phi) is 3.91. The maximum absolute atomic E-state index is 3.54. The number of hydrogen-bond donors (Lipinski definition) is 1. The molecule has 2 nitrogen and oxygen atoms in total. The largest absolute Gasteiger partial charge is 0.314 e. The van der Waals surface area contributed by atoms with E-state index in [1.165, 1.54) is 51.7 Å². The van der Waals surface area contributed by atoms with Gasteiger partial charge in [-0.2, -0.15) is 0 Å². The van der Waals surface area contributed by atoms with Crippen molar-refractivity contribution in [3.8, 4) is 0 Å². The molecule has 94 valence electrons. The van der Waals surface area contributed by atoms with Gasteiger partial charge in [-0.05, 0) is 24.7 Å². The number of piperazine rings is 1. The lowest BCUT2D eigenvalue weighted by atomic mass is 9.72. The van der Waals surface area contributed by atoms with Crippen LogP contribution in [-0.4, -0.2) is 36.6 Å². The van der Waals surface area contributed by atoms with Crippen LogP contribution < -0.4 is 5.32 Å². The Morgan fingerprint density at radius 2 is 2.12 bits per heavy atom. The molecule has 1 N–H and O–H groups in total. The molecule has 0 spiro atoms. The normalized spacial score (nSPS) is 36.2. The Balaban J connectivity index is 2.08. The average Bonchev–Trinajstić information content (AvgIpc) is 2.28. The van der Waals surface area contributed by atoms with Crippen LogP contribution in [0.3, 0.4) is 0 Å². The molecule has 0 bridgehead atoms. The quantitative estimate of drug-likeness (QED) is 0.776. The maximum atomic E-state index is 3.54. The Labute approximate surface area is 101 Å². The van der Waals surface area contributed by atoms with Gasteiger partial charge < -0.3 is 5.32 Å². The fraction of sp³-hybridized carbons (Fsp3) is 1.00. The van der Waals surface area contributed by atoms with Crippen molar-refractivity contribution in [1.82, 2.24) is 10.2 Å². The third-order valence-electron chi connectivity index (χ3n) is 4.72. The molecule has 1 saturated carbocycles. The molecule has 2 unspecified atom stereocenters. The summed E-state index contributed by atoms with van der Waals surface area (Å²) in [4.78, 5) is 2.82. The fourth-order valence-electron chi connectivity index (χ4n) is 3.66. The minimum atomic E-state index is 0.531. The predicted molar refractivity (Wildman–Crippen MR) is 69.7 cm³/mol. The monoisotopic (exact) mass is 224 g/mol. The summed E-state index contributed by atoms with van der Waals surface area (Å²) in [6.45, 7) is 10.9. The second kappa shape index (κ2) is 5.05. The number of rotatable bonds is 2. The van der Waals surface area contributed by atoms with Crippen molar-refractivity contribution in [2.45, 2.75) is 65.0 Å². The Bertz CT molecular complexity index is 225. The standard InChI is InChI=1S/C14H28N2/c1-4-12-11-15-9-10-16(12)13-7-5-6-8-14(13,2)3/h12-13,15H,4-11H2,1-3H3. The van der Waals surface area contributed by atoms with Gasteiger partial charge >= 0.3 is 0 Å². The molecule has 2 fully saturated rings. The Morgan fingerprint density at radius 3 is 2.81 bits per heavy atom. The van der Waals surface area contributed by atoms with Gasteiger partial charge in [0, 0.05) is 31.7 Å². The van der Waals surface area contributed by atoms with E-state index in [0.717, 1.165) is 12.1 Å². The first kappa shape index (κ1) is 12.4. The summed E-state index contributed by atoms with van der Waals surface area (Å²) in [6, 6.07) is 1.60. The van der Waals surface area contributed by atoms with Crippen LogP contribution in [0.2, 0.25) is 0 Å². The highest BCUT2D eigenvalue weighted by Gasteiger charge is 2.39. The van der Waals surface area contributed by atoms with Crippen LogP contribution in [0.4, 0.5) is 0 Å². The zero-order valence-electron chi connectivity index (χ0n) is 11.3. The number of nitrogens with one attached hydrogen (secondary N) is 1. The van der Waals surface area contributed by atoms with E-state index in [0.29, 0.717) is 5.41 Å². The van der Waals surface area contributed by atoms with Crippen LogP contribution in [0.5, 0.6) is 0 Å². The minimum Gasteiger partial charge on any atom is -0.314 e. The van der Waals surface area contributed by atoms with Crippen molar-refractivity contribution in [2.24, 2.45) is 5.41 Å². The summed E-state index contributed by atoms with van der Waals surface area (Å²) < 4.78 is 0. The van der Waals surface area contributed by atoms with E-state index >= 15 is 0 Å². The molecule has 0 radical (unpaired) electrons. The smallest absolute Gasteiger partial charge is 0.0221 e. The van der Waals surface area contributed by atoms with Crippen molar-refractivity contribution in [1.29, 1.82) is 0 Å². The Hall–Kier alpha value is -0.0800. The summed E-state index contributed by atoms with van der Waals surface area (Å²) in [5.74, 6) is 0. The molecular weight excluding hydrogens is 196 g/mol. The predicted octanol–water partition coefficient (Wildman–Crippen LogP) is 2.64. The molecule has 16 heavy (non-hydrogen) atoms. The molecule has 1 aliphatic heterocycles.